The van der Waals surface area contributed by atoms with Crippen LogP contribution in [0.25, 0.3) is 0 Å². The molecule has 0 aliphatic carbocycles. The maximum absolute atomic E-state index is 10.7. The fourth-order valence-corrected chi connectivity index (χ4v) is 1.87. The van der Waals surface area contributed by atoms with Crippen LogP contribution in [0.1, 0.15) is 16.8 Å². The van der Waals surface area contributed by atoms with Crippen LogP contribution >= 0.6 is 11.6 Å². The van der Waals surface area contributed by atoms with Crippen LogP contribution in [0.5, 0.6) is 11.5 Å². The molecule has 110 valence electrons. The van der Waals surface area contributed by atoms with Gasteiger partial charge in [-0.1, -0.05) is 17.7 Å². The molecule has 4 nitrogen and oxygen atoms in total. The van der Waals surface area contributed by atoms with Crippen molar-refractivity contribution in [1.82, 2.24) is 0 Å². The number of benzene rings is 2. The van der Waals surface area contributed by atoms with Gasteiger partial charge in [-0.2, -0.15) is 0 Å². The van der Waals surface area contributed by atoms with Crippen molar-refractivity contribution in [2.24, 2.45) is 0 Å². The van der Waals surface area contributed by atoms with Crippen LogP contribution in [0.15, 0.2) is 48.5 Å². The highest BCUT2D eigenvalue weighted by molar-refractivity contribution is 6.30. The van der Waals surface area contributed by atoms with Crippen molar-refractivity contribution < 1.29 is 19.4 Å². The number of rotatable bonds is 7. The topological polar surface area (TPSA) is 55.8 Å². The molecular weight excluding hydrogens is 292 g/mol. The first kappa shape index (κ1) is 15.2. The minimum atomic E-state index is -0.948. The Hall–Kier alpha value is -2.20. The van der Waals surface area contributed by atoms with E-state index in [1.54, 1.807) is 24.3 Å². The highest BCUT2D eigenvalue weighted by atomic mass is 35.5. The summed E-state index contributed by atoms with van der Waals surface area (Å²) < 4.78 is 11.0. The largest absolute Gasteiger partial charge is 0.493 e. The van der Waals surface area contributed by atoms with Crippen LogP contribution in [0, 0.1) is 0 Å². The smallest absolute Gasteiger partial charge is 0.335 e. The number of carboxylic acids is 1. The number of aromatic carboxylic acids is 1. The summed E-state index contributed by atoms with van der Waals surface area (Å²) in [5, 5.41) is 9.42. The van der Waals surface area contributed by atoms with E-state index < -0.39 is 5.97 Å². The van der Waals surface area contributed by atoms with E-state index in [2.05, 4.69) is 0 Å². The van der Waals surface area contributed by atoms with Crippen molar-refractivity contribution in [2.75, 3.05) is 13.2 Å². The minimum absolute atomic E-state index is 0.242. The summed E-state index contributed by atoms with van der Waals surface area (Å²) >= 11 is 5.85. The molecular formula is C16H15ClO4. The molecule has 0 atom stereocenters. The summed E-state index contributed by atoms with van der Waals surface area (Å²) in [6.07, 6.45) is 0.715. The predicted octanol–water partition coefficient (Wildman–Crippen LogP) is 3.89. The van der Waals surface area contributed by atoms with Crippen LogP contribution in [0.3, 0.4) is 0 Å². The number of hydrogen-bond donors (Lipinski definition) is 1. The summed E-state index contributed by atoms with van der Waals surface area (Å²) in [7, 11) is 0. The fourth-order valence-electron chi connectivity index (χ4n) is 1.69. The van der Waals surface area contributed by atoms with Crippen molar-refractivity contribution in [3.8, 4) is 11.5 Å². The molecule has 0 saturated carbocycles. The first-order valence-corrected chi connectivity index (χ1v) is 6.87. The molecule has 0 amide bonds. The minimum Gasteiger partial charge on any atom is -0.493 e. The maximum atomic E-state index is 10.7. The first-order chi connectivity index (χ1) is 10.1. The summed E-state index contributed by atoms with van der Waals surface area (Å²) in [5.74, 6) is 0.424. The van der Waals surface area contributed by atoms with Crippen LogP contribution in [-0.4, -0.2) is 24.3 Å². The molecule has 5 heteroatoms. The lowest BCUT2D eigenvalue weighted by atomic mass is 10.2. The van der Waals surface area contributed by atoms with E-state index in [9.17, 15) is 4.79 Å². The van der Waals surface area contributed by atoms with Gasteiger partial charge in [0, 0.05) is 11.4 Å². The Morgan fingerprint density at radius 3 is 2.29 bits per heavy atom. The van der Waals surface area contributed by atoms with E-state index in [1.807, 2.05) is 12.1 Å². The summed E-state index contributed by atoms with van der Waals surface area (Å²) in [6.45, 7) is 1.01. The van der Waals surface area contributed by atoms with E-state index in [0.717, 1.165) is 5.75 Å². The van der Waals surface area contributed by atoms with Crippen LogP contribution in [0.4, 0.5) is 0 Å². The molecule has 0 radical (unpaired) electrons. The van der Waals surface area contributed by atoms with Crippen molar-refractivity contribution in [1.29, 1.82) is 0 Å². The van der Waals surface area contributed by atoms with Crippen molar-refractivity contribution in [3.63, 3.8) is 0 Å². The number of halogens is 1. The Balaban J connectivity index is 1.69. The van der Waals surface area contributed by atoms with Crippen molar-refractivity contribution in [3.05, 3.63) is 59.1 Å². The van der Waals surface area contributed by atoms with Gasteiger partial charge < -0.3 is 14.6 Å². The van der Waals surface area contributed by atoms with E-state index >= 15 is 0 Å². The lowest BCUT2D eigenvalue weighted by molar-refractivity contribution is 0.0697. The van der Waals surface area contributed by atoms with E-state index in [1.165, 1.54) is 12.1 Å². The lowest BCUT2D eigenvalue weighted by Gasteiger charge is -2.08. The average molecular weight is 307 g/mol. The van der Waals surface area contributed by atoms with Gasteiger partial charge in [-0.3, -0.25) is 0 Å². The lowest BCUT2D eigenvalue weighted by Crippen LogP contribution is -2.05. The molecule has 0 unspecified atom stereocenters. The third-order valence-electron chi connectivity index (χ3n) is 2.72. The molecule has 0 aliphatic heterocycles. The Kier molecular flexibility index (Phi) is 5.46. The van der Waals surface area contributed by atoms with E-state index in [4.69, 9.17) is 26.2 Å². The van der Waals surface area contributed by atoms with Gasteiger partial charge in [0.05, 0.1) is 18.8 Å². The standard InChI is InChI=1S/C16H15ClO4/c17-13-3-1-4-15(11-13)21-10-2-9-20-14-7-5-12(6-8-14)16(18)19/h1,3-8,11H,2,9-10H2,(H,18,19). The second-order valence-corrected chi connectivity index (χ2v) is 4.77. The summed E-state index contributed by atoms with van der Waals surface area (Å²) in [5.41, 5.74) is 0.242. The zero-order valence-corrected chi connectivity index (χ0v) is 12.0. The molecule has 2 rings (SSSR count). The molecule has 2 aromatic carbocycles. The Labute approximate surface area is 127 Å². The molecule has 0 heterocycles. The first-order valence-electron chi connectivity index (χ1n) is 6.50. The van der Waals surface area contributed by atoms with Gasteiger partial charge in [0.1, 0.15) is 11.5 Å². The Bertz CT molecular complexity index is 595. The highest BCUT2D eigenvalue weighted by Crippen LogP contribution is 2.17. The zero-order valence-electron chi connectivity index (χ0n) is 11.3. The molecule has 0 aromatic heterocycles. The quantitative estimate of drug-likeness (QED) is 0.789. The molecule has 1 N–H and O–H groups in total. The molecule has 0 spiro atoms. The average Bonchev–Trinajstić information content (AvgIpc) is 2.47. The molecule has 21 heavy (non-hydrogen) atoms. The third-order valence-corrected chi connectivity index (χ3v) is 2.96. The number of hydrogen-bond acceptors (Lipinski definition) is 3. The van der Waals surface area contributed by atoms with Gasteiger partial charge in [-0.05, 0) is 42.5 Å². The van der Waals surface area contributed by atoms with Crippen LogP contribution in [-0.2, 0) is 0 Å². The summed E-state index contributed by atoms with van der Waals surface area (Å²) in [6, 6.07) is 13.5. The van der Waals surface area contributed by atoms with Gasteiger partial charge in [-0.25, -0.2) is 4.79 Å². The molecule has 0 bridgehead atoms. The molecule has 0 fully saturated rings. The van der Waals surface area contributed by atoms with Gasteiger partial charge >= 0.3 is 5.97 Å². The second-order valence-electron chi connectivity index (χ2n) is 4.34. The maximum Gasteiger partial charge on any atom is 0.335 e. The van der Waals surface area contributed by atoms with Gasteiger partial charge in [0.2, 0.25) is 0 Å². The Morgan fingerprint density at radius 1 is 1.00 bits per heavy atom. The molecule has 0 saturated heterocycles. The van der Waals surface area contributed by atoms with Crippen LogP contribution in [0.2, 0.25) is 5.02 Å². The van der Waals surface area contributed by atoms with Crippen molar-refractivity contribution in [2.45, 2.75) is 6.42 Å². The number of carbonyl (C=O) groups is 1. The SMILES string of the molecule is O=C(O)c1ccc(OCCCOc2cccc(Cl)c2)cc1. The fraction of sp³-hybridized carbons (Fsp3) is 0.188. The predicted molar refractivity (Wildman–Crippen MR) is 80.5 cm³/mol. The number of ether oxygens (including phenoxy) is 2. The second kappa shape index (κ2) is 7.55. The zero-order chi connectivity index (χ0) is 15.1. The molecule has 2 aromatic rings. The van der Waals surface area contributed by atoms with Crippen LogP contribution < -0.4 is 9.47 Å². The van der Waals surface area contributed by atoms with E-state index in [-0.39, 0.29) is 5.56 Å². The van der Waals surface area contributed by atoms with Gasteiger partial charge in [0.25, 0.3) is 0 Å². The van der Waals surface area contributed by atoms with Gasteiger partial charge in [-0.15, -0.1) is 0 Å². The van der Waals surface area contributed by atoms with Crippen molar-refractivity contribution >= 4 is 17.6 Å². The third kappa shape index (κ3) is 5.00. The number of carboxylic acid groups (broad SMARTS) is 1. The molecule has 0 aliphatic rings. The van der Waals surface area contributed by atoms with E-state index in [0.29, 0.717) is 30.4 Å². The monoisotopic (exact) mass is 306 g/mol. The van der Waals surface area contributed by atoms with Gasteiger partial charge in [0.15, 0.2) is 0 Å². The normalized spacial score (nSPS) is 10.1. The highest BCUT2D eigenvalue weighted by Gasteiger charge is 2.02. The Morgan fingerprint density at radius 2 is 1.67 bits per heavy atom. The summed E-state index contributed by atoms with van der Waals surface area (Å²) in [4.78, 5) is 10.7.